The van der Waals surface area contributed by atoms with Crippen LogP contribution in [0.5, 0.6) is 0 Å². The highest BCUT2D eigenvalue weighted by molar-refractivity contribution is 5.66. The molecule has 0 aromatic rings. The Morgan fingerprint density at radius 1 is 0.600 bits per heavy atom. The Hall–Kier alpha value is -0.770. The number of unbranched alkanes of at least 4 members (excludes halogenated alkanes) is 14. The summed E-state index contributed by atoms with van der Waals surface area (Å²) in [7, 11) is 0. The predicted octanol–water partition coefficient (Wildman–Crippen LogP) is 4.02. The van der Waals surface area contributed by atoms with Gasteiger partial charge in [-0.25, -0.2) is 0 Å². The van der Waals surface area contributed by atoms with Gasteiger partial charge < -0.3 is 35.7 Å². The molecule has 0 saturated carbocycles. The average molecular weight is 511 g/mol. The molecule has 0 rings (SSSR count). The maximum absolute atomic E-state index is 10.3. The summed E-state index contributed by atoms with van der Waals surface area (Å²) >= 11 is 0. The number of aliphatic carboxylic acids is 1. The van der Waals surface area contributed by atoms with E-state index in [4.69, 9.17) is 35.7 Å². The lowest BCUT2D eigenvalue weighted by molar-refractivity contribution is -0.137. The Kier molecular flexibility index (Phi) is 34.6. The molecule has 0 spiro atoms. The second-order valence-corrected chi connectivity index (χ2v) is 9.44. The lowest BCUT2D eigenvalue weighted by Gasteiger charge is -2.24. The van der Waals surface area contributed by atoms with Crippen molar-refractivity contribution in [3.05, 3.63) is 0 Å². The van der Waals surface area contributed by atoms with Crippen molar-refractivity contribution in [3.63, 3.8) is 0 Å². The fourth-order valence-electron chi connectivity index (χ4n) is 3.19. The first kappa shape index (κ1) is 38.8. The van der Waals surface area contributed by atoms with Gasteiger partial charge in [0, 0.05) is 11.8 Å². The fraction of sp³-hybridized carbons (Fsp3) is 0.963. The molecule has 0 bridgehead atoms. The van der Waals surface area contributed by atoms with Gasteiger partial charge in [0.25, 0.3) is 0 Å². The minimum Gasteiger partial charge on any atom is -0.481 e. The lowest BCUT2D eigenvalue weighted by atomic mass is 9.88. The van der Waals surface area contributed by atoms with E-state index in [-0.39, 0.29) is 33.0 Å². The molecular formula is C27H58O8. The summed E-state index contributed by atoms with van der Waals surface area (Å²) in [5.74, 6) is -0.653. The van der Waals surface area contributed by atoms with E-state index in [1.165, 1.54) is 83.5 Å². The van der Waals surface area contributed by atoms with Gasteiger partial charge in [0.05, 0.1) is 33.0 Å². The first-order chi connectivity index (χ1) is 16.8. The Balaban J connectivity index is -0.000000559. The van der Waals surface area contributed by atoms with Crippen LogP contribution in [0.15, 0.2) is 0 Å². The largest absolute Gasteiger partial charge is 0.481 e. The van der Waals surface area contributed by atoms with Crippen molar-refractivity contribution in [1.82, 2.24) is 0 Å². The van der Waals surface area contributed by atoms with Crippen molar-refractivity contribution in [2.45, 2.75) is 129 Å². The number of aliphatic hydroxyl groups excluding tert-OH is 6. The van der Waals surface area contributed by atoms with Crippen LogP contribution in [0, 0.1) is 5.41 Å². The number of rotatable bonds is 22. The average Bonchev–Trinajstić information content (AvgIpc) is 2.88. The number of carboxylic acid groups (broad SMARTS) is 1. The quantitative estimate of drug-likeness (QED) is 0.108. The molecule has 0 aromatic carbocycles. The van der Waals surface area contributed by atoms with E-state index in [9.17, 15) is 4.79 Å². The molecule has 0 amide bonds. The minimum atomic E-state index is -0.954. The van der Waals surface area contributed by atoms with E-state index in [1.54, 1.807) is 0 Å². The lowest BCUT2D eigenvalue weighted by Crippen LogP contribution is -2.32. The van der Waals surface area contributed by atoms with Gasteiger partial charge in [-0.05, 0) is 12.8 Å². The van der Waals surface area contributed by atoms with Gasteiger partial charge in [-0.2, -0.15) is 0 Å². The summed E-state index contributed by atoms with van der Waals surface area (Å²) < 4.78 is 0. The van der Waals surface area contributed by atoms with Crippen LogP contribution in [0.1, 0.15) is 123 Å². The number of carboxylic acids is 1. The Labute approximate surface area is 214 Å². The number of hydrogen-bond donors (Lipinski definition) is 7. The summed E-state index contributed by atoms with van der Waals surface area (Å²) in [4.78, 5) is 10.3. The molecule has 35 heavy (non-hydrogen) atoms. The summed E-state index contributed by atoms with van der Waals surface area (Å²) in [6.07, 6.45) is 19.8. The first-order valence-corrected chi connectivity index (χ1v) is 13.8. The Bertz CT molecular complexity index is 381. The normalized spacial score (nSPS) is 11.0. The zero-order valence-electron chi connectivity index (χ0n) is 22.7. The third-order valence-corrected chi connectivity index (χ3v) is 6.17. The summed E-state index contributed by atoms with van der Waals surface area (Å²) in [5.41, 5.74) is -0.667. The number of carbonyl (C=O) groups is 1. The smallest absolute Gasteiger partial charge is 0.303 e. The van der Waals surface area contributed by atoms with E-state index in [2.05, 4.69) is 6.92 Å². The standard InChI is InChI=1S/C18H36O2.C6H14O3.C3H8O3/c1-2-3-4-5-6-7-8-9-10-11-12-13-14-15-16-17-18(19)20;1-2-6(3-7,4-8)5-9;4-1-3(6)2-5/h2-17H2,1H3,(H,19,20);7-9H,2-5H2,1H3;3-6H,1-2H2. The van der Waals surface area contributed by atoms with Crippen molar-refractivity contribution in [1.29, 1.82) is 0 Å². The van der Waals surface area contributed by atoms with E-state index >= 15 is 0 Å². The molecule has 0 aliphatic carbocycles. The summed E-state index contributed by atoms with van der Waals surface area (Å²) in [6.45, 7) is 2.89. The molecule has 0 aliphatic heterocycles. The molecule has 0 unspecified atom stereocenters. The van der Waals surface area contributed by atoms with E-state index in [1.807, 2.05) is 6.92 Å². The fourth-order valence-corrected chi connectivity index (χ4v) is 3.19. The molecule has 0 aromatic heterocycles. The van der Waals surface area contributed by atoms with Crippen molar-refractivity contribution < 1.29 is 40.5 Å². The molecule has 0 saturated heterocycles. The summed E-state index contributed by atoms with van der Waals surface area (Å²) in [5, 5.41) is 58.5. The van der Waals surface area contributed by atoms with Gasteiger partial charge in [0.1, 0.15) is 6.10 Å². The van der Waals surface area contributed by atoms with E-state index in [0.717, 1.165) is 12.8 Å². The van der Waals surface area contributed by atoms with Crippen LogP contribution < -0.4 is 0 Å². The highest BCUT2D eigenvalue weighted by Gasteiger charge is 2.24. The maximum Gasteiger partial charge on any atom is 0.303 e. The van der Waals surface area contributed by atoms with Crippen molar-refractivity contribution in [3.8, 4) is 0 Å². The predicted molar refractivity (Wildman–Crippen MR) is 141 cm³/mol. The maximum atomic E-state index is 10.3. The van der Waals surface area contributed by atoms with E-state index in [0.29, 0.717) is 12.8 Å². The SMILES string of the molecule is CCC(CO)(CO)CO.CCCCCCCCCCCCCCCCCC(=O)O.OCC(O)CO. The molecule has 0 heterocycles. The number of hydrogen-bond acceptors (Lipinski definition) is 7. The van der Waals surface area contributed by atoms with Gasteiger partial charge in [0.15, 0.2) is 0 Å². The third kappa shape index (κ3) is 31.2. The Morgan fingerprint density at radius 3 is 1.09 bits per heavy atom. The van der Waals surface area contributed by atoms with Crippen LogP contribution in [0.2, 0.25) is 0 Å². The zero-order valence-corrected chi connectivity index (χ0v) is 22.7. The van der Waals surface area contributed by atoms with Crippen LogP contribution in [0.4, 0.5) is 0 Å². The van der Waals surface area contributed by atoms with Gasteiger partial charge in [0.2, 0.25) is 0 Å². The van der Waals surface area contributed by atoms with E-state index < -0.39 is 17.5 Å². The molecule has 0 fully saturated rings. The summed E-state index contributed by atoms with van der Waals surface area (Å²) in [6, 6.07) is 0. The van der Waals surface area contributed by atoms with Crippen LogP contribution in [0.3, 0.4) is 0 Å². The van der Waals surface area contributed by atoms with Gasteiger partial charge in [-0.3, -0.25) is 4.79 Å². The van der Waals surface area contributed by atoms with Crippen LogP contribution >= 0.6 is 0 Å². The van der Waals surface area contributed by atoms with Crippen molar-refractivity contribution in [2.24, 2.45) is 5.41 Å². The zero-order chi connectivity index (χ0) is 27.2. The van der Waals surface area contributed by atoms with Crippen LogP contribution in [0.25, 0.3) is 0 Å². The highest BCUT2D eigenvalue weighted by atomic mass is 16.4. The molecule has 0 aliphatic rings. The molecule has 8 nitrogen and oxygen atoms in total. The third-order valence-electron chi connectivity index (χ3n) is 6.17. The molecule has 8 heteroatoms. The van der Waals surface area contributed by atoms with Crippen molar-refractivity contribution in [2.75, 3.05) is 33.0 Å². The first-order valence-electron chi connectivity index (χ1n) is 13.8. The van der Waals surface area contributed by atoms with Crippen LogP contribution in [-0.2, 0) is 4.79 Å². The highest BCUT2D eigenvalue weighted by Crippen LogP contribution is 2.18. The van der Waals surface area contributed by atoms with Crippen molar-refractivity contribution >= 4 is 5.97 Å². The molecule has 0 atom stereocenters. The molecule has 214 valence electrons. The topological polar surface area (TPSA) is 159 Å². The van der Waals surface area contributed by atoms with Gasteiger partial charge in [-0.1, -0.05) is 104 Å². The molecule has 7 N–H and O–H groups in total. The molecule has 0 radical (unpaired) electrons. The van der Waals surface area contributed by atoms with Gasteiger partial charge in [-0.15, -0.1) is 0 Å². The monoisotopic (exact) mass is 510 g/mol. The second-order valence-electron chi connectivity index (χ2n) is 9.44. The Morgan fingerprint density at radius 2 is 0.914 bits per heavy atom. The molecular weight excluding hydrogens is 452 g/mol. The number of aliphatic hydroxyl groups is 6. The second kappa shape index (κ2) is 31.3. The van der Waals surface area contributed by atoms with Gasteiger partial charge >= 0.3 is 5.97 Å². The minimum absolute atomic E-state index is 0.156. The van der Waals surface area contributed by atoms with Crippen LogP contribution in [-0.4, -0.2) is 80.9 Å².